The maximum absolute atomic E-state index is 13.0. The lowest BCUT2D eigenvalue weighted by Crippen LogP contribution is -2.46. The molecular weight excluding hydrogens is 552 g/mol. The van der Waals surface area contributed by atoms with Crippen LogP contribution in [0, 0.1) is 11.8 Å². The molecule has 0 aliphatic carbocycles. The third kappa shape index (κ3) is 10.7. The molecule has 1 saturated heterocycles. The van der Waals surface area contributed by atoms with E-state index in [0.29, 0.717) is 6.42 Å². The summed E-state index contributed by atoms with van der Waals surface area (Å²) in [6.07, 6.45) is 1.42. The number of aliphatic carboxylic acids is 1. The fourth-order valence-electron chi connectivity index (χ4n) is 3.63. The van der Waals surface area contributed by atoms with E-state index in [-0.39, 0.29) is 29.5 Å². The van der Waals surface area contributed by atoms with E-state index in [0.717, 1.165) is 5.56 Å². The molecule has 1 aromatic carbocycles. The van der Waals surface area contributed by atoms with Crippen LogP contribution in [0.5, 0.6) is 11.5 Å². The van der Waals surface area contributed by atoms with E-state index in [9.17, 15) is 24.0 Å². The Morgan fingerprint density at radius 2 is 1.79 bits per heavy atom. The van der Waals surface area contributed by atoms with Gasteiger partial charge in [-0.05, 0) is 25.3 Å². The number of benzene rings is 1. The summed E-state index contributed by atoms with van der Waals surface area (Å²) in [6.45, 7) is 5.26. The van der Waals surface area contributed by atoms with Crippen molar-refractivity contribution in [3.63, 3.8) is 0 Å². The highest BCUT2D eigenvalue weighted by Gasteiger charge is 2.33. The largest absolute Gasteiger partial charge is 0.493 e. The van der Waals surface area contributed by atoms with Crippen molar-refractivity contribution in [2.24, 2.45) is 11.8 Å². The van der Waals surface area contributed by atoms with Crippen LogP contribution in [0.4, 0.5) is 0 Å². The van der Waals surface area contributed by atoms with Crippen LogP contribution >= 0.6 is 0 Å². The van der Waals surface area contributed by atoms with Gasteiger partial charge in [0.05, 0.1) is 25.0 Å². The van der Waals surface area contributed by atoms with E-state index in [2.05, 4.69) is 10.3 Å². The van der Waals surface area contributed by atoms with E-state index in [1.807, 2.05) is 30.3 Å². The van der Waals surface area contributed by atoms with Crippen molar-refractivity contribution in [2.75, 3.05) is 20.5 Å². The number of carbonyl (C=O) groups is 5. The number of ether oxygens (including phenoxy) is 5. The lowest BCUT2D eigenvalue weighted by Gasteiger charge is -2.19. The van der Waals surface area contributed by atoms with Crippen molar-refractivity contribution in [1.29, 1.82) is 0 Å². The Bertz CT molecular complexity index is 1230. The summed E-state index contributed by atoms with van der Waals surface area (Å²) in [5.74, 6) is -4.07. The molecule has 228 valence electrons. The van der Waals surface area contributed by atoms with E-state index in [1.165, 1.54) is 26.3 Å². The summed E-state index contributed by atoms with van der Waals surface area (Å²) < 4.78 is 26.2. The number of methoxy groups -OCH3 is 1. The van der Waals surface area contributed by atoms with Crippen LogP contribution in [-0.4, -0.2) is 72.5 Å². The molecule has 1 aliphatic rings. The number of carboxylic acid groups (broad SMARTS) is 1. The fraction of sp³-hybridized carbons (Fsp3) is 0.448. The van der Waals surface area contributed by atoms with Crippen molar-refractivity contribution in [3.8, 4) is 11.5 Å². The number of cyclic esters (lactones) is 2. The van der Waals surface area contributed by atoms with Gasteiger partial charge in [0.2, 0.25) is 6.79 Å². The number of carbonyl (C=O) groups excluding carboxylic acids is 4. The lowest BCUT2D eigenvalue weighted by atomic mass is 9.94. The van der Waals surface area contributed by atoms with Crippen LogP contribution in [0.3, 0.4) is 0 Å². The van der Waals surface area contributed by atoms with Crippen LogP contribution in [0.15, 0.2) is 42.6 Å². The van der Waals surface area contributed by atoms with Crippen molar-refractivity contribution in [3.05, 3.63) is 53.9 Å². The van der Waals surface area contributed by atoms with Crippen molar-refractivity contribution >= 4 is 29.8 Å². The molecule has 1 fully saturated rings. The lowest BCUT2D eigenvalue weighted by molar-refractivity contribution is -0.152. The van der Waals surface area contributed by atoms with Gasteiger partial charge in [0.25, 0.3) is 5.91 Å². The predicted molar refractivity (Wildman–Crippen MR) is 147 cm³/mol. The van der Waals surface area contributed by atoms with Gasteiger partial charge < -0.3 is 34.1 Å². The first-order chi connectivity index (χ1) is 19.9. The van der Waals surface area contributed by atoms with Gasteiger partial charge in [0.15, 0.2) is 23.2 Å². The summed E-state index contributed by atoms with van der Waals surface area (Å²) in [4.78, 5) is 63.3. The van der Waals surface area contributed by atoms with E-state index >= 15 is 0 Å². The molecule has 0 unspecified atom stereocenters. The molecule has 2 heterocycles. The summed E-state index contributed by atoms with van der Waals surface area (Å²) in [5.41, 5.74) is 0.725. The molecule has 0 saturated carbocycles. The van der Waals surface area contributed by atoms with E-state index in [1.54, 1.807) is 20.8 Å². The number of amides is 1. The summed E-state index contributed by atoms with van der Waals surface area (Å²) >= 11 is 0. The summed E-state index contributed by atoms with van der Waals surface area (Å²) in [6, 6.07) is 9.61. The number of hydrogen-bond donors (Lipinski definition) is 2. The molecule has 3 rings (SSSR count). The Balaban J connectivity index is 0.000000928. The Hall–Kier alpha value is -4.68. The second-order valence-corrected chi connectivity index (χ2v) is 9.61. The molecule has 42 heavy (non-hydrogen) atoms. The van der Waals surface area contributed by atoms with E-state index in [4.69, 9.17) is 28.8 Å². The first kappa shape index (κ1) is 33.5. The molecule has 13 nitrogen and oxygen atoms in total. The number of pyridine rings is 1. The number of aromatic nitrogens is 1. The molecule has 13 heteroatoms. The topological polar surface area (TPSA) is 177 Å². The van der Waals surface area contributed by atoms with Gasteiger partial charge >= 0.3 is 23.9 Å². The highest BCUT2D eigenvalue weighted by atomic mass is 16.7. The number of carboxylic acids is 1. The second-order valence-electron chi connectivity index (χ2n) is 9.61. The van der Waals surface area contributed by atoms with Crippen LogP contribution in [0.2, 0.25) is 0 Å². The number of nitrogens with zero attached hydrogens (tertiary/aromatic N) is 1. The average Bonchev–Trinajstić information content (AvgIpc) is 2.98. The minimum atomic E-state index is -1.28. The minimum absolute atomic E-state index is 0.0940. The Morgan fingerprint density at radius 1 is 1.12 bits per heavy atom. The van der Waals surface area contributed by atoms with Crippen LogP contribution in [-0.2, 0) is 39.8 Å². The van der Waals surface area contributed by atoms with Crippen LogP contribution in [0.1, 0.15) is 50.2 Å². The number of nitrogens with one attached hydrogen (secondary N) is 1. The third-order valence-electron chi connectivity index (χ3n) is 5.84. The maximum atomic E-state index is 13.0. The quantitative estimate of drug-likeness (QED) is 0.249. The normalized spacial score (nSPS) is 18.5. The molecule has 0 spiro atoms. The van der Waals surface area contributed by atoms with Crippen LogP contribution < -0.4 is 14.8 Å². The molecule has 3 atom stereocenters. The molecular formula is C29H36N2O11. The number of hydrogen-bond acceptors (Lipinski definition) is 11. The molecule has 0 radical (unpaired) electrons. The Labute approximate surface area is 243 Å². The number of rotatable bonds is 9. The summed E-state index contributed by atoms with van der Waals surface area (Å²) in [5, 5.41) is 10.5. The second kappa shape index (κ2) is 16.6. The number of esters is 3. The highest BCUT2D eigenvalue weighted by molar-refractivity contribution is 5.98. The monoisotopic (exact) mass is 588 g/mol. The van der Waals surface area contributed by atoms with Gasteiger partial charge in [-0.25, -0.2) is 9.78 Å². The fourth-order valence-corrected chi connectivity index (χ4v) is 3.63. The van der Waals surface area contributed by atoms with Gasteiger partial charge in [-0.3, -0.25) is 19.2 Å². The molecule has 1 amide bonds. The smallest absolute Gasteiger partial charge is 0.332 e. The highest BCUT2D eigenvalue weighted by Crippen LogP contribution is 2.29. The van der Waals surface area contributed by atoms with Gasteiger partial charge in [-0.1, -0.05) is 44.2 Å². The molecule has 1 aliphatic heterocycles. The van der Waals surface area contributed by atoms with Crippen molar-refractivity contribution < 1.29 is 52.8 Å². The van der Waals surface area contributed by atoms with Crippen molar-refractivity contribution in [1.82, 2.24) is 10.3 Å². The predicted octanol–water partition coefficient (Wildman–Crippen LogP) is 2.55. The zero-order valence-electron chi connectivity index (χ0n) is 24.2. The van der Waals surface area contributed by atoms with Crippen molar-refractivity contribution in [2.45, 2.75) is 52.7 Å². The molecule has 2 N–H and O–H groups in total. The third-order valence-corrected chi connectivity index (χ3v) is 5.84. The van der Waals surface area contributed by atoms with Gasteiger partial charge in [-0.15, -0.1) is 0 Å². The SMILES string of the molecule is CC(C)C(=O)O.COc1ccnc(C(=O)N[C@H]2COC(=O)[C@H](Cc3ccccc3)C[C@H](C)OC2=O)c1OCOC(C)=O. The minimum Gasteiger partial charge on any atom is -0.493 e. The zero-order valence-corrected chi connectivity index (χ0v) is 24.2. The van der Waals surface area contributed by atoms with Gasteiger partial charge in [0, 0.05) is 19.2 Å². The van der Waals surface area contributed by atoms with E-state index < -0.39 is 61.2 Å². The maximum Gasteiger partial charge on any atom is 0.332 e. The Morgan fingerprint density at radius 3 is 2.38 bits per heavy atom. The van der Waals surface area contributed by atoms with Gasteiger partial charge in [-0.2, -0.15) is 0 Å². The van der Waals surface area contributed by atoms with Crippen LogP contribution in [0.25, 0.3) is 0 Å². The molecule has 1 aromatic heterocycles. The standard InChI is InChI=1S/C25H28N2O9.C4H8O2/c1-15-11-18(12-17-7-5-4-6-8-17)24(30)33-13-19(25(31)36-15)27-23(29)21-22(35-14-34-16(2)28)20(32-3)9-10-26-21;1-3(2)4(5)6/h4-10,15,18-19H,11-14H2,1-3H3,(H,27,29);3H,1-2H3,(H,5,6)/t15-,18-,19-;/m0./s1. The first-order valence-corrected chi connectivity index (χ1v) is 13.2. The molecule has 0 bridgehead atoms. The Kier molecular flexibility index (Phi) is 13.2. The first-order valence-electron chi connectivity index (χ1n) is 13.2. The molecule has 2 aromatic rings. The zero-order chi connectivity index (χ0) is 31.2. The average molecular weight is 589 g/mol. The van der Waals surface area contributed by atoms with Gasteiger partial charge in [0.1, 0.15) is 6.61 Å². The summed E-state index contributed by atoms with van der Waals surface area (Å²) in [7, 11) is 1.36.